The summed E-state index contributed by atoms with van der Waals surface area (Å²) in [5, 5.41) is 6.91. The van der Waals surface area contributed by atoms with Crippen LogP contribution in [0.5, 0.6) is 11.5 Å². The molecule has 2 N–H and O–H groups in total. The monoisotopic (exact) mass is 439 g/mol. The van der Waals surface area contributed by atoms with Gasteiger partial charge in [-0.05, 0) is 57.4 Å². The minimum Gasteiger partial charge on any atom is -0.490 e. The first kappa shape index (κ1) is 23.9. The molecule has 6 nitrogen and oxygen atoms in total. The summed E-state index contributed by atoms with van der Waals surface area (Å²) in [6.45, 7) is 11.7. The minimum absolute atomic E-state index is 0.0624. The van der Waals surface area contributed by atoms with Crippen molar-refractivity contribution in [3.8, 4) is 11.5 Å². The van der Waals surface area contributed by atoms with E-state index in [0.717, 1.165) is 49.1 Å². The average Bonchev–Trinajstić information content (AvgIpc) is 3.28. The third-order valence-electron chi connectivity index (χ3n) is 5.59. The van der Waals surface area contributed by atoms with Crippen molar-refractivity contribution in [2.45, 2.75) is 46.3 Å². The van der Waals surface area contributed by atoms with E-state index >= 15 is 0 Å². The molecule has 6 heteroatoms. The third-order valence-corrected chi connectivity index (χ3v) is 5.59. The molecule has 3 rings (SSSR count). The van der Waals surface area contributed by atoms with Gasteiger partial charge in [-0.15, -0.1) is 0 Å². The Morgan fingerprint density at radius 2 is 1.81 bits per heavy atom. The molecule has 174 valence electrons. The van der Waals surface area contributed by atoms with Gasteiger partial charge in [-0.3, -0.25) is 4.99 Å². The lowest BCUT2D eigenvalue weighted by atomic mass is 9.95. The highest BCUT2D eigenvalue weighted by atomic mass is 16.5. The number of hydrogen-bond donors (Lipinski definition) is 2. The summed E-state index contributed by atoms with van der Waals surface area (Å²) in [6.07, 6.45) is 1.13. The van der Waals surface area contributed by atoms with Gasteiger partial charge in [-0.1, -0.05) is 36.4 Å². The Morgan fingerprint density at radius 1 is 1.06 bits per heavy atom. The quantitative estimate of drug-likeness (QED) is 0.408. The summed E-state index contributed by atoms with van der Waals surface area (Å²) in [7, 11) is 0. The molecule has 3 unspecified atom stereocenters. The number of guanidine groups is 1. The van der Waals surface area contributed by atoms with Crippen molar-refractivity contribution in [2.75, 3.05) is 32.9 Å². The summed E-state index contributed by atoms with van der Waals surface area (Å²) in [5.74, 6) is 2.74. The summed E-state index contributed by atoms with van der Waals surface area (Å²) in [4.78, 5) is 4.90. The first-order chi connectivity index (χ1) is 15.7. The Balaban J connectivity index is 1.69. The summed E-state index contributed by atoms with van der Waals surface area (Å²) in [6, 6.07) is 16.6. The zero-order chi connectivity index (χ0) is 22.8. The lowest BCUT2D eigenvalue weighted by molar-refractivity contribution is 0.0925. The van der Waals surface area contributed by atoms with Crippen LogP contribution in [0.4, 0.5) is 0 Å². The molecule has 1 aliphatic rings. The van der Waals surface area contributed by atoms with Gasteiger partial charge in [0, 0.05) is 25.6 Å². The molecule has 1 saturated heterocycles. The Hall–Kier alpha value is -2.73. The van der Waals surface area contributed by atoms with Crippen LogP contribution >= 0.6 is 0 Å². The summed E-state index contributed by atoms with van der Waals surface area (Å²) < 4.78 is 17.5. The molecule has 0 saturated carbocycles. The smallest absolute Gasteiger partial charge is 0.191 e. The molecule has 2 aromatic rings. The van der Waals surface area contributed by atoms with E-state index in [1.54, 1.807) is 0 Å². The van der Waals surface area contributed by atoms with E-state index in [-0.39, 0.29) is 12.1 Å². The first-order valence-electron chi connectivity index (χ1n) is 11.8. The fraction of sp³-hybridized carbons (Fsp3) is 0.500. The van der Waals surface area contributed by atoms with Crippen LogP contribution in [-0.2, 0) is 4.74 Å². The van der Waals surface area contributed by atoms with Crippen LogP contribution in [-0.4, -0.2) is 38.9 Å². The van der Waals surface area contributed by atoms with Gasteiger partial charge in [0.15, 0.2) is 17.5 Å². The van der Waals surface area contributed by atoms with Crippen LogP contribution in [0, 0.1) is 5.92 Å². The second-order valence-corrected chi connectivity index (χ2v) is 7.91. The van der Waals surface area contributed by atoms with Crippen LogP contribution in [0.15, 0.2) is 53.5 Å². The Kier molecular flexibility index (Phi) is 9.23. The topological polar surface area (TPSA) is 64.1 Å². The molecule has 0 amide bonds. The van der Waals surface area contributed by atoms with Crippen molar-refractivity contribution in [3.05, 3.63) is 59.7 Å². The number of benzene rings is 2. The van der Waals surface area contributed by atoms with Gasteiger partial charge < -0.3 is 24.8 Å². The second-order valence-electron chi connectivity index (χ2n) is 7.91. The second kappa shape index (κ2) is 12.3. The molecular formula is C26H37N3O3. The van der Waals surface area contributed by atoms with Gasteiger partial charge in [0.2, 0.25) is 0 Å². The molecule has 1 fully saturated rings. The normalized spacial score (nSPS) is 19.4. The number of rotatable bonds is 10. The molecular weight excluding hydrogens is 402 g/mol. The molecule has 1 aliphatic heterocycles. The van der Waals surface area contributed by atoms with Crippen molar-refractivity contribution in [2.24, 2.45) is 10.9 Å². The van der Waals surface area contributed by atoms with Gasteiger partial charge in [-0.25, -0.2) is 0 Å². The predicted molar refractivity (Wildman–Crippen MR) is 130 cm³/mol. The number of aliphatic imine (C=N–C) groups is 1. The van der Waals surface area contributed by atoms with Crippen LogP contribution in [0.1, 0.15) is 57.4 Å². The molecule has 0 bridgehead atoms. The van der Waals surface area contributed by atoms with E-state index in [4.69, 9.17) is 19.2 Å². The van der Waals surface area contributed by atoms with E-state index in [2.05, 4.69) is 54.8 Å². The lowest BCUT2D eigenvalue weighted by Crippen LogP contribution is -2.39. The number of nitrogens with zero attached hydrogens (tertiary/aromatic N) is 1. The maximum absolute atomic E-state index is 6.03. The van der Waals surface area contributed by atoms with Crippen molar-refractivity contribution >= 4 is 5.96 Å². The van der Waals surface area contributed by atoms with E-state index in [1.807, 2.05) is 32.0 Å². The maximum Gasteiger partial charge on any atom is 0.191 e. The van der Waals surface area contributed by atoms with Gasteiger partial charge in [0.05, 0.1) is 25.4 Å². The summed E-state index contributed by atoms with van der Waals surface area (Å²) in [5.41, 5.74) is 2.35. The van der Waals surface area contributed by atoms with Crippen LogP contribution in [0.25, 0.3) is 0 Å². The molecule has 0 aliphatic carbocycles. The first-order valence-corrected chi connectivity index (χ1v) is 11.8. The Morgan fingerprint density at radius 3 is 2.53 bits per heavy atom. The van der Waals surface area contributed by atoms with E-state index in [0.29, 0.717) is 19.1 Å². The zero-order valence-electron chi connectivity index (χ0n) is 19.8. The van der Waals surface area contributed by atoms with Crippen molar-refractivity contribution in [1.29, 1.82) is 0 Å². The highest BCUT2D eigenvalue weighted by Crippen LogP contribution is 2.34. The van der Waals surface area contributed by atoms with Crippen molar-refractivity contribution in [1.82, 2.24) is 10.6 Å². The molecule has 0 radical (unpaired) electrons. The summed E-state index contributed by atoms with van der Waals surface area (Å²) >= 11 is 0. The van der Waals surface area contributed by atoms with Gasteiger partial charge in [0.25, 0.3) is 0 Å². The van der Waals surface area contributed by atoms with Crippen LogP contribution < -0.4 is 20.1 Å². The Labute approximate surface area is 192 Å². The van der Waals surface area contributed by atoms with Gasteiger partial charge >= 0.3 is 0 Å². The van der Waals surface area contributed by atoms with Gasteiger partial charge in [-0.2, -0.15) is 0 Å². The third kappa shape index (κ3) is 6.39. The molecule has 1 heterocycles. The molecule has 0 spiro atoms. The molecule has 2 aromatic carbocycles. The average molecular weight is 440 g/mol. The van der Waals surface area contributed by atoms with Crippen LogP contribution in [0.3, 0.4) is 0 Å². The number of nitrogens with one attached hydrogen (secondary N) is 2. The predicted octanol–water partition coefficient (Wildman–Crippen LogP) is 4.88. The van der Waals surface area contributed by atoms with Gasteiger partial charge in [0.1, 0.15) is 0 Å². The van der Waals surface area contributed by atoms with E-state index in [9.17, 15) is 0 Å². The van der Waals surface area contributed by atoms with E-state index < -0.39 is 0 Å². The molecule has 0 aromatic heterocycles. The van der Waals surface area contributed by atoms with Crippen LogP contribution in [0.2, 0.25) is 0 Å². The molecule has 32 heavy (non-hydrogen) atoms. The zero-order valence-corrected chi connectivity index (χ0v) is 19.8. The Bertz CT molecular complexity index is 857. The highest BCUT2D eigenvalue weighted by molar-refractivity contribution is 5.80. The number of ether oxygens (including phenoxy) is 3. The minimum atomic E-state index is 0.0624. The fourth-order valence-electron chi connectivity index (χ4n) is 3.99. The largest absolute Gasteiger partial charge is 0.490 e. The number of hydrogen-bond acceptors (Lipinski definition) is 4. The molecule has 3 atom stereocenters. The standard InChI is InChI=1S/C26H37N3O3/c1-5-27-26(28-18-22-15-16-32-25(22)20-11-9-8-10-12-20)29-19(4)21-13-14-23(30-6-2)24(17-21)31-7-3/h8-14,17,19,22,25H,5-7,15-16,18H2,1-4H3,(H2,27,28,29). The lowest BCUT2D eigenvalue weighted by Gasteiger charge is -2.21. The van der Waals surface area contributed by atoms with Crippen molar-refractivity contribution < 1.29 is 14.2 Å². The SMILES string of the molecule is CCNC(=NCC1CCOC1c1ccccc1)NC(C)c1ccc(OCC)c(OCC)c1. The maximum atomic E-state index is 6.03. The van der Waals surface area contributed by atoms with E-state index in [1.165, 1.54) is 5.56 Å². The van der Waals surface area contributed by atoms with Crippen molar-refractivity contribution in [3.63, 3.8) is 0 Å². The fourth-order valence-corrected chi connectivity index (χ4v) is 3.99. The highest BCUT2D eigenvalue weighted by Gasteiger charge is 2.29.